The number of aromatic nitrogens is 1. The summed E-state index contributed by atoms with van der Waals surface area (Å²) in [5.74, 6) is -2.16. The van der Waals surface area contributed by atoms with Gasteiger partial charge in [0.05, 0.1) is 24.0 Å². The minimum atomic E-state index is -5.08. The smallest absolute Gasteiger partial charge is 0.490 e. The summed E-state index contributed by atoms with van der Waals surface area (Å²) in [6, 6.07) is 3.60. The van der Waals surface area contributed by atoms with Gasteiger partial charge in [-0.3, -0.25) is 9.78 Å². The Kier molecular flexibility index (Phi) is 7.29. The summed E-state index contributed by atoms with van der Waals surface area (Å²) in [6.07, 6.45) is -1.25. The first-order valence-corrected chi connectivity index (χ1v) is 10.6. The van der Waals surface area contributed by atoms with Crippen molar-refractivity contribution in [2.45, 2.75) is 19.5 Å². The number of hydrogen-bond donors (Lipinski definition) is 2. The number of hydrogen-bond acceptors (Lipinski definition) is 6. The van der Waals surface area contributed by atoms with E-state index in [2.05, 4.69) is 10.3 Å². The molecule has 0 aromatic carbocycles. The molecule has 9 nitrogen and oxygen atoms in total. The number of carboxylic acid groups (broad SMARTS) is 1. The molecule has 1 aromatic heterocycles. The number of alkyl halides is 3. The molecule has 2 atom stereocenters. The minimum absolute atomic E-state index is 0.0488. The van der Waals surface area contributed by atoms with Gasteiger partial charge in [0.1, 0.15) is 5.75 Å². The van der Waals surface area contributed by atoms with Crippen LogP contribution in [0, 0.1) is 11.3 Å². The summed E-state index contributed by atoms with van der Waals surface area (Å²) < 4.78 is 63.1. The standard InChI is InChI=1S/C15H21N3O4S.C2HF3O2/c1-2-23(20,21)18-7-5-15(11-18)12(8-17-14(15)19)10-22-13-4-3-6-16-9-13;3-2(4,5)1(6)7/h3-4,6,9,12H,2,5,7-8,10-11H2,1H3,(H,17,19);(H,6,7)/t12-,15-;/m1./s1. The van der Waals surface area contributed by atoms with Crippen LogP contribution >= 0.6 is 0 Å². The molecule has 0 radical (unpaired) electrons. The molecular formula is C17H22F3N3O6S. The third-order valence-electron chi connectivity index (χ3n) is 5.09. The SMILES string of the molecule is CCS(=O)(=O)N1CC[C@]2(C1)C(=O)NC[C@@H]2COc1cccnc1.O=C(O)C(F)(F)F. The first-order valence-electron chi connectivity index (χ1n) is 9.01. The van der Waals surface area contributed by atoms with Crippen LogP contribution < -0.4 is 10.1 Å². The number of ether oxygens (including phenoxy) is 1. The quantitative estimate of drug-likeness (QED) is 0.678. The predicted octanol–water partition coefficient (Wildman–Crippen LogP) is 0.882. The number of sulfonamides is 1. The van der Waals surface area contributed by atoms with Crippen LogP contribution in [0.15, 0.2) is 24.5 Å². The van der Waals surface area contributed by atoms with Crippen molar-refractivity contribution in [1.29, 1.82) is 0 Å². The lowest BCUT2D eigenvalue weighted by molar-refractivity contribution is -0.192. The highest BCUT2D eigenvalue weighted by molar-refractivity contribution is 7.89. The first-order chi connectivity index (χ1) is 13.9. The molecular weight excluding hydrogens is 431 g/mol. The number of rotatable bonds is 5. The van der Waals surface area contributed by atoms with E-state index >= 15 is 0 Å². The zero-order valence-electron chi connectivity index (χ0n) is 16.1. The van der Waals surface area contributed by atoms with Gasteiger partial charge in [0.2, 0.25) is 15.9 Å². The van der Waals surface area contributed by atoms with E-state index in [9.17, 15) is 26.4 Å². The average Bonchev–Trinajstić information content (AvgIpc) is 3.27. The Labute approximate surface area is 171 Å². The fourth-order valence-corrected chi connectivity index (χ4v) is 4.52. The van der Waals surface area contributed by atoms with Gasteiger partial charge in [-0.25, -0.2) is 17.5 Å². The van der Waals surface area contributed by atoms with Crippen molar-refractivity contribution in [1.82, 2.24) is 14.6 Å². The molecule has 3 rings (SSSR count). The molecule has 1 spiro atoms. The molecule has 0 unspecified atom stereocenters. The molecule has 2 N–H and O–H groups in total. The number of nitrogens with zero attached hydrogens (tertiary/aromatic N) is 2. The van der Waals surface area contributed by atoms with E-state index in [1.165, 1.54) is 4.31 Å². The number of nitrogens with one attached hydrogen (secondary N) is 1. The van der Waals surface area contributed by atoms with Crippen LogP contribution in [0.25, 0.3) is 0 Å². The first kappa shape index (κ1) is 23.9. The van der Waals surface area contributed by atoms with Crippen molar-refractivity contribution in [3.63, 3.8) is 0 Å². The van der Waals surface area contributed by atoms with Gasteiger partial charge in [0.15, 0.2) is 0 Å². The molecule has 2 aliphatic heterocycles. The molecule has 1 amide bonds. The summed E-state index contributed by atoms with van der Waals surface area (Å²) in [6.45, 7) is 3.14. The fourth-order valence-electron chi connectivity index (χ4n) is 3.36. The van der Waals surface area contributed by atoms with Crippen LogP contribution in [-0.2, 0) is 19.6 Å². The summed E-state index contributed by atoms with van der Waals surface area (Å²) >= 11 is 0. The molecule has 2 aliphatic rings. The van der Waals surface area contributed by atoms with Crippen molar-refractivity contribution in [3.05, 3.63) is 24.5 Å². The summed E-state index contributed by atoms with van der Waals surface area (Å²) in [5, 5.41) is 10.00. The monoisotopic (exact) mass is 453 g/mol. The predicted molar refractivity (Wildman–Crippen MR) is 98.0 cm³/mol. The number of pyridine rings is 1. The second-order valence-electron chi connectivity index (χ2n) is 6.85. The summed E-state index contributed by atoms with van der Waals surface area (Å²) in [5.41, 5.74) is -0.676. The van der Waals surface area contributed by atoms with Gasteiger partial charge in [0, 0.05) is 31.7 Å². The third kappa shape index (κ3) is 5.39. The van der Waals surface area contributed by atoms with Crippen molar-refractivity contribution >= 4 is 21.9 Å². The van der Waals surface area contributed by atoms with Gasteiger partial charge in [-0.2, -0.15) is 13.2 Å². The van der Waals surface area contributed by atoms with Crippen LogP contribution in [0.2, 0.25) is 0 Å². The average molecular weight is 453 g/mol. The Hall–Kier alpha value is -2.41. The second kappa shape index (κ2) is 9.16. The number of amides is 1. The Morgan fingerprint density at radius 3 is 2.67 bits per heavy atom. The fraction of sp³-hybridized carbons (Fsp3) is 0.588. The van der Waals surface area contributed by atoms with Crippen LogP contribution in [0.1, 0.15) is 13.3 Å². The van der Waals surface area contributed by atoms with Crippen molar-refractivity contribution in [3.8, 4) is 5.75 Å². The molecule has 2 saturated heterocycles. The maximum absolute atomic E-state index is 12.4. The molecule has 2 fully saturated rings. The highest BCUT2D eigenvalue weighted by atomic mass is 32.2. The van der Waals surface area contributed by atoms with Crippen molar-refractivity contribution in [2.24, 2.45) is 11.3 Å². The third-order valence-corrected chi connectivity index (χ3v) is 6.92. The van der Waals surface area contributed by atoms with E-state index in [-0.39, 0.29) is 24.1 Å². The van der Waals surface area contributed by atoms with Crippen molar-refractivity contribution in [2.75, 3.05) is 32.0 Å². The van der Waals surface area contributed by atoms with Crippen LogP contribution in [-0.4, -0.2) is 72.9 Å². The molecule has 168 valence electrons. The zero-order valence-corrected chi connectivity index (χ0v) is 16.9. The maximum Gasteiger partial charge on any atom is 0.490 e. The maximum atomic E-state index is 12.4. The Balaban J connectivity index is 0.000000396. The van der Waals surface area contributed by atoms with Crippen molar-refractivity contribution < 1.29 is 41.0 Å². The summed E-state index contributed by atoms with van der Waals surface area (Å²) in [7, 11) is -3.27. The molecule has 30 heavy (non-hydrogen) atoms. The highest BCUT2D eigenvalue weighted by Crippen LogP contribution is 2.42. The Morgan fingerprint density at radius 1 is 1.47 bits per heavy atom. The Morgan fingerprint density at radius 2 is 2.13 bits per heavy atom. The molecule has 1 aromatic rings. The van der Waals surface area contributed by atoms with Crippen LogP contribution in [0.3, 0.4) is 0 Å². The largest absolute Gasteiger partial charge is 0.492 e. The minimum Gasteiger partial charge on any atom is -0.492 e. The lowest BCUT2D eigenvalue weighted by Gasteiger charge is -2.27. The van der Waals surface area contributed by atoms with E-state index in [1.807, 2.05) is 6.07 Å². The van der Waals surface area contributed by atoms with E-state index in [0.29, 0.717) is 31.9 Å². The number of halogens is 3. The van der Waals surface area contributed by atoms with Crippen LogP contribution in [0.5, 0.6) is 5.75 Å². The molecule has 0 aliphatic carbocycles. The second-order valence-corrected chi connectivity index (χ2v) is 9.11. The lowest BCUT2D eigenvalue weighted by Crippen LogP contribution is -2.41. The van der Waals surface area contributed by atoms with Crippen LogP contribution in [0.4, 0.5) is 13.2 Å². The lowest BCUT2D eigenvalue weighted by atomic mass is 9.77. The molecule has 13 heteroatoms. The van der Waals surface area contributed by atoms with Gasteiger partial charge in [-0.15, -0.1) is 0 Å². The molecule has 0 bridgehead atoms. The van der Waals surface area contributed by atoms with E-state index < -0.39 is 27.6 Å². The Bertz CT molecular complexity index is 865. The molecule has 0 saturated carbocycles. The van der Waals surface area contributed by atoms with Gasteiger partial charge in [0.25, 0.3) is 0 Å². The number of carbonyl (C=O) groups excluding carboxylic acids is 1. The number of aliphatic carboxylic acids is 1. The number of carbonyl (C=O) groups is 2. The van der Waals surface area contributed by atoms with E-state index in [0.717, 1.165) is 0 Å². The van der Waals surface area contributed by atoms with E-state index in [4.69, 9.17) is 14.6 Å². The van der Waals surface area contributed by atoms with Gasteiger partial charge < -0.3 is 15.2 Å². The van der Waals surface area contributed by atoms with Gasteiger partial charge in [-0.05, 0) is 25.5 Å². The highest BCUT2D eigenvalue weighted by Gasteiger charge is 2.55. The van der Waals surface area contributed by atoms with E-state index in [1.54, 1.807) is 25.4 Å². The summed E-state index contributed by atoms with van der Waals surface area (Å²) in [4.78, 5) is 25.3. The molecule has 3 heterocycles. The normalized spacial score (nSPS) is 24.3. The zero-order chi connectivity index (χ0) is 22.6. The van der Waals surface area contributed by atoms with Gasteiger partial charge in [-0.1, -0.05) is 0 Å². The topological polar surface area (TPSA) is 126 Å². The number of carboxylic acids is 1. The van der Waals surface area contributed by atoms with Gasteiger partial charge >= 0.3 is 12.1 Å².